The second-order valence-electron chi connectivity index (χ2n) is 4.19. The van der Waals surface area contributed by atoms with Crippen LogP contribution in [0.1, 0.15) is 11.1 Å². The highest BCUT2D eigenvalue weighted by Crippen LogP contribution is 2.27. The molecule has 0 fully saturated rings. The van der Waals surface area contributed by atoms with Crippen molar-refractivity contribution in [3.05, 3.63) is 58.6 Å². The summed E-state index contributed by atoms with van der Waals surface area (Å²) in [6, 6.07) is 15.0. The molecule has 0 saturated carbocycles. The Labute approximate surface area is 125 Å². The van der Waals surface area contributed by atoms with Gasteiger partial charge in [-0.25, -0.2) is 4.98 Å². The molecule has 3 nitrogen and oxygen atoms in total. The van der Waals surface area contributed by atoms with E-state index >= 15 is 0 Å². The van der Waals surface area contributed by atoms with Crippen LogP contribution in [0.3, 0.4) is 0 Å². The Kier molecular flexibility index (Phi) is 3.64. The molecule has 20 heavy (non-hydrogen) atoms. The summed E-state index contributed by atoms with van der Waals surface area (Å²) in [6.07, 6.45) is 0. The molecule has 0 unspecified atom stereocenters. The van der Waals surface area contributed by atoms with Crippen molar-refractivity contribution in [2.24, 2.45) is 0 Å². The number of fused-ring (bicyclic) bond motifs is 1. The van der Waals surface area contributed by atoms with Crippen molar-refractivity contribution in [3.63, 3.8) is 0 Å². The second kappa shape index (κ2) is 5.58. The van der Waals surface area contributed by atoms with Crippen molar-refractivity contribution in [1.29, 1.82) is 5.26 Å². The number of hydrogen-bond donors (Lipinski definition) is 0. The fourth-order valence-electron chi connectivity index (χ4n) is 1.76. The van der Waals surface area contributed by atoms with Gasteiger partial charge in [-0.15, -0.1) is 0 Å². The number of rotatable bonds is 3. The molecule has 1 heterocycles. The number of benzene rings is 2. The fourth-order valence-corrected chi connectivity index (χ4v) is 2.72. The first-order valence-corrected chi connectivity index (χ1v) is 7.29. The van der Waals surface area contributed by atoms with Gasteiger partial charge in [-0.1, -0.05) is 35.5 Å². The molecule has 2 aromatic carbocycles. The Morgan fingerprint density at radius 2 is 2.00 bits per heavy atom. The van der Waals surface area contributed by atoms with Crippen LogP contribution in [0.25, 0.3) is 11.1 Å². The normalized spacial score (nSPS) is 10.6. The molecule has 3 aromatic rings. The molecule has 0 aliphatic rings. The summed E-state index contributed by atoms with van der Waals surface area (Å²) in [5.41, 5.74) is 3.28. The number of thioether (sulfide) groups is 1. The van der Waals surface area contributed by atoms with Crippen LogP contribution in [0.5, 0.6) is 0 Å². The molecule has 1 aromatic heterocycles. The van der Waals surface area contributed by atoms with Gasteiger partial charge in [0.1, 0.15) is 5.52 Å². The summed E-state index contributed by atoms with van der Waals surface area (Å²) >= 11 is 7.43. The zero-order chi connectivity index (χ0) is 13.9. The lowest BCUT2D eigenvalue weighted by atomic mass is 10.2. The number of nitrogens with zero attached hydrogens (tertiary/aromatic N) is 2. The van der Waals surface area contributed by atoms with E-state index in [-0.39, 0.29) is 0 Å². The first-order chi connectivity index (χ1) is 9.74. The Bertz CT molecular complexity index is 790. The fraction of sp³-hybridized carbons (Fsp3) is 0.0667. The number of halogens is 1. The highest BCUT2D eigenvalue weighted by atomic mass is 35.5. The minimum Gasteiger partial charge on any atom is -0.431 e. The average molecular weight is 301 g/mol. The van der Waals surface area contributed by atoms with Gasteiger partial charge in [0.15, 0.2) is 5.58 Å². The van der Waals surface area contributed by atoms with Gasteiger partial charge in [0.25, 0.3) is 5.22 Å². The topological polar surface area (TPSA) is 49.8 Å². The van der Waals surface area contributed by atoms with Gasteiger partial charge in [0.05, 0.1) is 11.6 Å². The minimum absolute atomic E-state index is 0.617. The Hall–Kier alpha value is -1.96. The largest absolute Gasteiger partial charge is 0.431 e. The van der Waals surface area contributed by atoms with E-state index < -0.39 is 0 Å². The SMILES string of the molecule is N#Cc1ccc(CSc2nc3cc(Cl)ccc3o2)cc1. The van der Waals surface area contributed by atoms with Gasteiger partial charge in [-0.3, -0.25) is 0 Å². The van der Waals surface area contributed by atoms with Crippen molar-refractivity contribution < 1.29 is 4.42 Å². The lowest BCUT2D eigenvalue weighted by Crippen LogP contribution is -1.81. The molecule has 0 atom stereocenters. The third kappa shape index (κ3) is 2.79. The summed E-state index contributed by atoms with van der Waals surface area (Å²) < 4.78 is 5.63. The summed E-state index contributed by atoms with van der Waals surface area (Å²) in [7, 11) is 0. The van der Waals surface area contributed by atoms with E-state index in [2.05, 4.69) is 11.1 Å². The van der Waals surface area contributed by atoms with Gasteiger partial charge >= 0.3 is 0 Å². The molecular formula is C15H9ClN2OS. The Morgan fingerprint density at radius 1 is 1.20 bits per heavy atom. The predicted octanol–water partition coefficient (Wildman–Crippen LogP) is 4.65. The third-order valence-corrected chi connectivity index (χ3v) is 3.91. The smallest absolute Gasteiger partial charge is 0.257 e. The van der Waals surface area contributed by atoms with Crippen LogP contribution in [0.4, 0.5) is 0 Å². The molecule has 5 heteroatoms. The maximum atomic E-state index is 8.75. The van der Waals surface area contributed by atoms with Crippen LogP contribution in [0, 0.1) is 11.3 Å². The van der Waals surface area contributed by atoms with Crippen LogP contribution < -0.4 is 0 Å². The predicted molar refractivity (Wildman–Crippen MR) is 79.7 cm³/mol. The van der Waals surface area contributed by atoms with Gasteiger partial charge in [0, 0.05) is 10.8 Å². The van der Waals surface area contributed by atoms with Crippen molar-refractivity contribution in [2.45, 2.75) is 11.0 Å². The van der Waals surface area contributed by atoms with Gasteiger partial charge in [0.2, 0.25) is 0 Å². The first-order valence-electron chi connectivity index (χ1n) is 5.92. The molecule has 0 amide bonds. The molecule has 98 valence electrons. The highest BCUT2D eigenvalue weighted by Gasteiger charge is 2.07. The lowest BCUT2D eigenvalue weighted by molar-refractivity contribution is 0.489. The van der Waals surface area contributed by atoms with Crippen molar-refractivity contribution in [1.82, 2.24) is 4.98 Å². The quantitative estimate of drug-likeness (QED) is 0.661. The molecular weight excluding hydrogens is 292 g/mol. The number of nitriles is 1. The number of oxazole rings is 1. The van der Waals surface area contributed by atoms with E-state index in [1.807, 2.05) is 30.3 Å². The van der Waals surface area contributed by atoms with Gasteiger partial charge in [-0.05, 0) is 35.9 Å². The molecule has 0 bridgehead atoms. The highest BCUT2D eigenvalue weighted by molar-refractivity contribution is 7.98. The van der Waals surface area contributed by atoms with Crippen molar-refractivity contribution >= 4 is 34.5 Å². The molecule has 0 aliphatic heterocycles. The Morgan fingerprint density at radius 3 is 2.75 bits per heavy atom. The van der Waals surface area contributed by atoms with Crippen molar-refractivity contribution in [3.8, 4) is 6.07 Å². The molecule has 0 aliphatic carbocycles. The van der Waals surface area contributed by atoms with Gasteiger partial charge < -0.3 is 4.42 Å². The van der Waals surface area contributed by atoms with E-state index in [1.54, 1.807) is 12.1 Å². The van der Waals surface area contributed by atoms with Crippen molar-refractivity contribution in [2.75, 3.05) is 0 Å². The third-order valence-electron chi connectivity index (χ3n) is 2.78. The first kappa shape index (κ1) is 13.0. The average Bonchev–Trinajstić information content (AvgIpc) is 2.87. The van der Waals surface area contributed by atoms with E-state index in [0.717, 1.165) is 22.4 Å². The minimum atomic E-state index is 0.617. The molecule has 0 radical (unpaired) electrons. The van der Waals surface area contributed by atoms with Crippen LogP contribution in [0.2, 0.25) is 5.02 Å². The van der Waals surface area contributed by atoms with Crippen LogP contribution in [0.15, 0.2) is 52.1 Å². The molecule has 0 N–H and O–H groups in total. The summed E-state index contributed by atoms with van der Waals surface area (Å²) in [5.74, 6) is 0.742. The molecule has 0 spiro atoms. The van der Waals surface area contributed by atoms with E-state index in [0.29, 0.717) is 15.8 Å². The monoisotopic (exact) mass is 300 g/mol. The van der Waals surface area contributed by atoms with Crippen LogP contribution in [-0.2, 0) is 5.75 Å². The standard InChI is InChI=1S/C15H9ClN2OS/c16-12-5-6-14-13(7-12)18-15(19-14)20-9-11-3-1-10(8-17)2-4-11/h1-7H,9H2. The van der Waals surface area contributed by atoms with E-state index in [4.69, 9.17) is 21.3 Å². The zero-order valence-corrected chi connectivity index (χ0v) is 11.9. The molecule has 0 saturated heterocycles. The van der Waals surface area contributed by atoms with Gasteiger partial charge in [-0.2, -0.15) is 5.26 Å². The lowest BCUT2D eigenvalue weighted by Gasteiger charge is -1.97. The maximum Gasteiger partial charge on any atom is 0.257 e. The molecule has 3 rings (SSSR count). The van der Waals surface area contributed by atoms with Crippen LogP contribution in [-0.4, -0.2) is 4.98 Å². The zero-order valence-electron chi connectivity index (χ0n) is 10.3. The Balaban J connectivity index is 1.74. The summed E-state index contributed by atoms with van der Waals surface area (Å²) in [6.45, 7) is 0. The number of aromatic nitrogens is 1. The van der Waals surface area contributed by atoms with Crippen LogP contribution >= 0.6 is 23.4 Å². The summed E-state index contributed by atoms with van der Waals surface area (Å²) in [4.78, 5) is 4.38. The number of hydrogen-bond acceptors (Lipinski definition) is 4. The summed E-state index contributed by atoms with van der Waals surface area (Å²) in [5, 5.41) is 10.0. The van der Waals surface area contributed by atoms with E-state index in [1.165, 1.54) is 11.8 Å². The maximum absolute atomic E-state index is 8.75. The second-order valence-corrected chi connectivity index (χ2v) is 5.55. The van der Waals surface area contributed by atoms with E-state index in [9.17, 15) is 0 Å².